The molecule has 1 saturated heterocycles. The Balaban J connectivity index is 2.03. The summed E-state index contributed by atoms with van der Waals surface area (Å²) in [6, 6.07) is 0.765. The first-order chi connectivity index (χ1) is 7.56. The van der Waals surface area contributed by atoms with Crippen molar-refractivity contribution in [1.29, 1.82) is 0 Å². The van der Waals surface area contributed by atoms with Crippen molar-refractivity contribution in [2.75, 3.05) is 0 Å². The van der Waals surface area contributed by atoms with Crippen LogP contribution in [0.5, 0.6) is 0 Å². The van der Waals surface area contributed by atoms with E-state index in [1.165, 1.54) is 0 Å². The van der Waals surface area contributed by atoms with Gasteiger partial charge in [0.2, 0.25) is 11.8 Å². The van der Waals surface area contributed by atoms with Gasteiger partial charge in [-0.2, -0.15) is 5.10 Å². The Labute approximate surface area is 90.6 Å². The van der Waals surface area contributed by atoms with Gasteiger partial charge >= 0.3 is 0 Å². The quantitative estimate of drug-likeness (QED) is 0.550. The second-order valence-electron chi connectivity index (χ2n) is 3.58. The fraction of sp³-hybridized carbons (Fsp3) is 0.333. The van der Waals surface area contributed by atoms with E-state index in [0.717, 1.165) is 5.69 Å². The molecule has 1 aromatic rings. The third-order valence-electron chi connectivity index (χ3n) is 2.21. The minimum absolute atomic E-state index is 0.0199. The van der Waals surface area contributed by atoms with Gasteiger partial charge in [-0.25, -0.2) is 0 Å². The number of aryl methyl sites for hydroxylation is 1. The van der Waals surface area contributed by atoms with Gasteiger partial charge in [0.1, 0.15) is 11.7 Å². The summed E-state index contributed by atoms with van der Waals surface area (Å²) in [5.74, 6) is -1.33. The summed E-state index contributed by atoms with van der Waals surface area (Å²) in [6.45, 7) is 1.76. The fourth-order valence-corrected chi connectivity index (χ4v) is 1.44. The lowest BCUT2D eigenvalue weighted by atomic mass is 10.2. The molecule has 84 valence electrons. The maximum Gasteiger partial charge on any atom is 0.272 e. The molecule has 0 radical (unpaired) electrons. The van der Waals surface area contributed by atoms with Crippen molar-refractivity contribution >= 4 is 17.7 Å². The number of amides is 3. The predicted molar refractivity (Wildman–Crippen MR) is 52.3 cm³/mol. The molecule has 1 aromatic heterocycles. The molecule has 2 rings (SSSR count). The average molecular weight is 222 g/mol. The van der Waals surface area contributed by atoms with Crippen LogP contribution in [-0.4, -0.2) is 34.0 Å². The lowest BCUT2D eigenvalue weighted by Gasteiger charge is -2.06. The van der Waals surface area contributed by atoms with Gasteiger partial charge in [0.25, 0.3) is 5.91 Å². The van der Waals surface area contributed by atoms with Crippen molar-refractivity contribution in [3.05, 3.63) is 17.5 Å². The Morgan fingerprint density at radius 3 is 2.81 bits per heavy atom. The minimum atomic E-state index is -0.794. The topological polar surface area (TPSA) is 104 Å². The molecule has 1 fully saturated rings. The summed E-state index contributed by atoms with van der Waals surface area (Å²) >= 11 is 0. The molecular weight excluding hydrogens is 212 g/mol. The number of imide groups is 1. The van der Waals surface area contributed by atoms with Gasteiger partial charge in [-0.05, 0) is 13.0 Å². The number of carbonyl (C=O) groups is 3. The van der Waals surface area contributed by atoms with Crippen molar-refractivity contribution in [2.45, 2.75) is 19.4 Å². The Kier molecular flexibility index (Phi) is 2.43. The molecular formula is C9H10N4O3. The van der Waals surface area contributed by atoms with Crippen LogP contribution in [-0.2, 0) is 9.59 Å². The van der Waals surface area contributed by atoms with Crippen LogP contribution in [0.25, 0.3) is 0 Å². The Bertz CT molecular complexity index is 465. The summed E-state index contributed by atoms with van der Waals surface area (Å²) in [7, 11) is 0. The minimum Gasteiger partial charge on any atom is -0.338 e. The SMILES string of the molecule is Cc1cc(C(=O)NC2CC(=O)NC2=O)n[nH]1. The number of hydrogen-bond acceptors (Lipinski definition) is 4. The monoisotopic (exact) mass is 222 g/mol. The van der Waals surface area contributed by atoms with E-state index < -0.39 is 17.9 Å². The van der Waals surface area contributed by atoms with Crippen molar-refractivity contribution < 1.29 is 14.4 Å². The molecule has 1 unspecified atom stereocenters. The molecule has 0 bridgehead atoms. The fourth-order valence-electron chi connectivity index (χ4n) is 1.44. The highest BCUT2D eigenvalue weighted by Crippen LogP contribution is 2.04. The number of aromatic amines is 1. The average Bonchev–Trinajstić information content (AvgIpc) is 2.74. The molecule has 1 aliphatic heterocycles. The van der Waals surface area contributed by atoms with Gasteiger partial charge in [-0.15, -0.1) is 0 Å². The van der Waals surface area contributed by atoms with Crippen molar-refractivity contribution in [2.24, 2.45) is 0 Å². The van der Waals surface area contributed by atoms with Crippen molar-refractivity contribution in [1.82, 2.24) is 20.8 Å². The Morgan fingerprint density at radius 1 is 1.56 bits per heavy atom. The maximum atomic E-state index is 11.6. The lowest BCUT2D eigenvalue weighted by molar-refractivity contribution is -0.125. The van der Waals surface area contributed by atoms with E-state index in [9.17, 15) is 14.4 Å². The molecule has 2 heterocycles. The number of carbonyl (C=O) groups excluding carboxylic acids is 3. The third-order valence-corrected chi connectivity index (χ3v) is 2.21. The first-order valence-electron chi connectivity index (χ1n) is 4.73. The summed E-state index contributed by atoms with van der Waals surface area (Å²) in [4.78, 5) is 33.6. The first kappa shape index (κ1) is 10.3. The van der Waals surface area contributed by atoms with Crippen LogP contribution in [0.15, 0.2) is 6.07 Å². The van der Waals surface area contributed by atoms with E-state index in [1.807, 2.05) is 0 Å². The van der Waals surface area contributed by atoms with E-state index >= 15 is 0 Å². The van der Waals surface area contributed by atoms with Crippen molar-refractivity contribution in [3.8, 4) is 0 Å². The zero-order valence-corrected chi connectivity index (χ0v) is 8.53. The molecule has 7 heteroatoms. The summed E-state index contributed by atoms with van der Waals surface area (Å²) in [5.41, 5.74) is 0.946. The van der Waals surface area contributed by atoms with Crippen LogP contribution in [0, 0.1) is 6.92 Å². The van der Waals surface area contributed by atoms with Crippen LogP contribution in [0.4, 0.5) is 0 Å². The van der Waals surface area contributed by atoms with Gasteiger partial charge < -0.3 is 5.32 Å². The van der Waals surface area contributed by atoms with Gasteiger partial charge in [0.05, 0.1) is 6.42 Å². The molecule has 7 nitrogen and oxygen atoms in total. The van der Waals surface area contributed by atoms with Gasteiger partial charge in [0.15, 0.2) is 0 Å². The predicted octanol–water partition coefficient (Wildman–Crippen LogP) is -1.14. The van der Waals surface area contributed by atoms with Crippen LogP contribution in [0.2, 0.25) is 0 Å². The first-order valence-corrected chi connectivity index (χ1v) is 4.73. The molecule has 0 spiro atoms. The van der Waals surface area contributed by atoms with E-state index in [0.29, 0.717) is 0 Å². The van der Waals surface area contributed by atoms with Crippen LogP contribution < -0.4 is 10.6 Å². The summed E-state index contributed by atoms with van der Waals surface area (Å²) in [6.07, 6.45) is -0.0199. The number of hydrogen-bond donors (Lipinski definition) is 3. The molecule has 0 saturated carbocycles. The van der Waals surface area contributed by atoms with Crippen LogP contribution in [0.1, 0.15) is 22.6 Å². The normalized spacial score (nSPS) is 19.7. The molecule has 1 aliphatic rings. The Hall–Kier alpha value is -2.18. The van der Waals surface area contributed by atoms with Crippen LogP contribution in [0.3, 0.4) is 0 Å². The van der Waals surface area contributed by atoms with Gasteiger partial charge in [0, 0.05) is 5.69 Å². The van der Waals surface area contributed by atoms with E-state index in [2.05, 4.69) is 20.8 Å². The van der Waals surface area contributed by atoms with Gasteiger partial charge in [-0.3, -0.25) is 24.8 Å². The highest BCUT2D eigenvalue weighted by atomic mass is 16.2. The molecule has 0 aliphatic carbocycles. The van der Waals surface area contributed by atoms with E-state index in [4.69, 9.17) is 0 Å². The highest BCUT2D eigenvalue weighted by molar-refractivity contribution is 6.07. The highest BCUT2D eigenvalue weighted by Gasteiger charge is 2.32. The standard InChI is InChI=1S/C9H10N4O3/c1-4-2-6(13-12-4)9(16)10-5-3-7(14)11-8(5)15/h2,5H,3H2,1H3,(H,10,16)(H,12,13)(H,11,14,15). The number of rotatable bonds is 2. The number of aromatic nitrogens is 2. The zero-order chi connectivity index (χ0) is 11.7. The summed E-state index contributed by atoms with van der Waals surface area (Å²) < 4.78 is 0. The maximum absolute atomic E-state index is 11.6. The molecule has 1 atom stereocenters. The molecule has 0 aromatic carbocycles. The summed E-state index contributed by atoms with van der Waals surface area (Å²) in [5, 5.41) is 10.9. The zero-order valence-electron chi connectivity index (χ0n) is 8.53. The Morgan fingerprint density at radius 2 is 2.31 bits per heavy atom. The molecule has 3 N–H and O–H groups in total. The van der Waals surface area contributed by atoms with E-state index in [-0.39, 0.29) is 18.0 Å². The third kappa shape index (κ3) is 1.92. The van der Waals surface area contributed by atoms with Crippen LogP contribution >= 0.6 is 0 Å². The smallest absolute Gasteiger partial charge is 0.272 e. The van der Waals surface area contributed by atoms with E-state index in [1.54, 1.807) is 13.0 Å². The van der Waals surface area contributed by atoms with Crippen molar-refractivity contribution in [3.63, 3.8) is 0 Å². The molecule has 16 heavy (non-hydrogen) atoms. The number of nitrogens with one attached hydrogen (secondary N) is 3. The second kappa shape index (κ2) is 3.76. The second-order valence-corrected chi connectivity index (χ2v) is 3.58. The largest absolute Gasteiger partial charge is 0.338 e. The number of nitrogens with zero attached hydrogens (tertiary/aromatic N) is 1. The lowest BCUT2D eigenvalue weighted by Crippen LogP contribution is -2.40. The number of H-pyrrole nitrogens is 1. The molecule has 3 amide bonds. The van der Waals surface area contributed by atoms with Gasteiger partial charge in [-0.1, -0.05) is 0 Å².